The number of sulfonamides is 1. The Morgan fingerprint density at radius 3 is 2.44 bits per heavy atom. The van der Waals surface area contributed by atoms with E-state index in [9.17, 15) is 13.2 Å². The van der Waals surface area contributed by atoms with Crippen molar-refractivity contribution in [3.63, 3.8) is 0 Å². The maximum Gasteiger partial charge on any atom is 0.243 e. The fraction of sp³-hybridized carbons (Fsp3) is 0.611. The van der Waals surface area contributed by atoms with Crippen molar-refractivity contribution in [2.45, 2.75) is 44.9 Å². The molecule has 1 heterocycles. The summed E-state index contributed by atoms with van der Waals surface area (Å²) in [5.41, 5.74) is 1.46. The molecule has 0 spiro atoms. The zero-order valence-electron chi connectivity index (χ0n) is 15.5. The summed E-state index contributed by atoms with van der Waals surface area (Å²) in [7, 11) is -1.99. The molecule has 0 aliphatic carbocycles. The Balaban J connectivity index is 2.12. The molecular weight excluding hydrogens is 340 g/mol. The van der Waals surface area contributed by atoms with Crippen molar-refractivity contribution in [1.29, 1.82) is 0 Å². The molecule has 0 radical (unpaired) electrons. The molecule has 140 valence electrons. The van der Waals surface area contributed by atoms with E-state index >= 15 is 0 Å². The van der Waals surface area contributed by atoms with Crippen LogP contribution >= 0.6 is 0 Å². The average Bonchev–Trinajstić information content (AvgIpc) is 2.61. The highest BCUT2D eigenvalue weighted by Crippen LogP contribution is 2.30. The molecule has 0 bridgehead atoms. The second kappa shape index (κ2) is 8.19. The van der Waals surface area contributed by atoms with E-state index in [0.29, 0.717) is 48.7 Å². The molecule has 1 saturated heterocycles. The van der Waals surface area contributed by atoms with Crippen molar-refractivity contribution < 1.29 is 17.9 Å². The number of carbonyl (C=O) groups excluding carboxylic acids is 1. The van der Waals surface area contributed by atoms with Gasteiger partial charge in [0.15, 0.2) is 0 Å². The molecular formula is C18H28N2O4S. The molecule has 0 unspecified atom stereocenters. The summed E-state index contributed by atoms with van der Waals surface area (Å²) in [6, 6.07) is 3.43. The number of rotatable bonds is 6. The summed E-state index contributed by atoms with van der Waals surface area (Å²) < 4.78 is 32.7. The van der Waals surface area contributed by atoms with Gasteiger partial charge in [0.05, 0.1) is 12.0 Å². The number of methoxy groups -OCH3 is 1. The third kappa shape index (κ3) is 4.33. The maximum atomic E-state index is 13.0. The Hall–Kier alpha value is -1.60. The summed E-state index contributed by atoms with van der Waals surface area (Å²) in [6.07, 6.45) is 2.01. The minimum absolute atomic E-state index is 0.0374. The summed E-state index contributed by atoms with van der Waals surface area (Å²) in [4.78, 5) is 12.4. The third-order valence-corrected chi connectivity index (χ3v) is 6.72. The van der Waals surface area contributed by atoms with E-state index in [2.05, 4.69) is 5.32 Å². The molecule has 1 amide bonds. The van der Waals surface area contributed by atoms with Crippen LogP contribution in [-0.4, -0.2) is 45.4 Å². The standard InChI is InChI=1S/C18H28N2O4S/c1-5-8-19-18(21)15-6-9-20(10-7-15)25(22,23)17-12-13(2)16(24-4)11-14(17)3/h11-12,15H,5-10H2,1-4H3,(H,19,21). The Morgan fingerprint density at radius 2 is 1.88 bits per heavy atom. The van der Waals surface area contributed by atoms with Crippen molar-refractivity contribution in [3.05, 3.63) is 23.3 Å². The Morgan fingerprint density at radius 1 is 1.24 bits per heavy atom. The highest BCUT2D eigenvalue weighted by Gasteiger charge is 2.33. The average molecular weight is 368 g/mol. The van der Waals surface area contributed by atoms with Gasteiger partial charge in [-0.15, -0.1) is 0 Å². The fourth-order valence-electron chi connectivity index (χ4n) is 3.15. The third-order valence-electron chi connectivity index (χ3n) is 4.68. The molecule has 1 aliphatic heterocycles. The van der Waals surface area contributed by atoms with Crippen molar-refractivity contribution in [3.8, 4) is 5.75 Å². The van der Waals surface area contributed by atoms with Crippen LogP contribution in [0.2, 0.25) is 0 Å². The van der Waals surface area contributed by atoms with E-state index in [4.69, 9.17) is 4.74 Å². The number of hydrogen-bond acceptors (Lipinski definition) is 4. The molecule has 1 aromatic carbocycles. The monoisotopic (exact) mass is 368 g/mol. The Bertz CT molecular complexity index is 723. The molecule has 0 saturated carbocycles. The van der Waals surface area contributed by atoms with Crippen LogP contribution in [0.5, 0.6) is 5.75 Å². The van der Waals surface area contributed by atoms with Crippen LogP contribution in [0.1, 0.15) is 37.3 Å². The van der Waals surface area contributed by atoms with E-state index in [1.54, 1.807) is 26.2 Å². The number of carbonyl (C=O) groups is 1. The highest BCUT2D eigenvalue weighted by atomic mass is 32.2. The summed E-state index contributed by atoms with van der Waals surface area (Å²) >= 11 is 0. The molecule has 0 aromatic heterocycles. The van der Waals surface area contributed by atoms with Crippen LogP contribution in [0.3, 0.4) is 0 Å². The van der Waals surface area contributed by atoms with Crippen molar-refractivity contribution >= 4 is 15.9 Å². The first-order valence-corrected chi connectivity index (χ1v) is 10.2. The lowest BCUT2D eigenvalue weighted by Crippen LogP contribution is -2.43. The predicted octanol–water partition coefficient (Wildman–Crippen LogP) is 2.24. The lowest BCUT2D eigenvalue weighted by Gasteiger charge is -2.31. The van der Waals surface area contributed by atoms with Gasteiger partial charge in [0, 0.05) is 25.6 Å². The number of benzene rings is 1. The Labute approximate surface area is 150 Å². The van der Waals surface area contributed by atoms with Gasteiger partial charge in [-0.25, -0.2) is 8.42 Å². The fourth-order valence-corrected chi connectivity index (χ4v) is 4.91. The van der Waals surface area contributed by atoms with Gasteiger partial charge in [0.2, 0.25) is 15.9 Å². The van der Waals surface area contributed by atoms with Gasteiger partial charge >= 0.3 is 0 Å². The van der Waals surface area contributed by atoms with Gasteiger partial charge in [-0.05, 0) is 56.4 Å². The van der Waals surface area contributed by atoms with Crippen LogP contribution in [-0.2, 0) is 14.8 Å². The quantitative estimate of drug-likeness (QED) is 0.835. The zero-order chi connectivity index (χ0) is 18.6. The first kappa shape index (κ1) is 19.7. The smallest absolute Gasteiger partial charge is 0.243 e. The first-order chi connectivity index (χ1) is 11.8. The SMILES string of the molecule is CCCNC(=O)C1CCN(S(=O)(=O)c2cc(C)c(OC)cc2C)CC1. The highest BCUT2D eigenvalue weighted by molar-refractivity contribution is 7.89. The molecule has 25 heavy (non-hydrogen) atoms. The van der Waals surface area contributed by atoms with Crippen LogP contribution < -0.4 is 10.1 Å². The minimum atomic E-state index is -3.56. The lowest BCUT2D eigenvalue weighted by molar-refractivity contribution is -0.126. The minimum Gasteiger partial charge on any atom is -0.496 e. The summed E-state index contributed by atoms with van der Waals surface area (Å²) in [5, 5.41) is 2.90. The molecule has 0 atom stereocenters. The Kier molecular flexibility index (Phi) is 6.46. The second-order valence-corrected chi connectivity index (χ2v) is 8.46. The molecule has 1 aromatic rings. The largest absolute Gasteiger partial charge is 0.496 e. The summed E-state index contributed by atoms with van der Waals surface area (Å²) in [6.45, 7) is 7.03. The van der Waals surface area contributed by atoms with Crippen molar-refractivity contribution in [1.82, 2.24) is 9.62 Å². The van der Waals surface area contributed by atoms with Gasteiger partial charge < -0.3 is 10.1 Å². The number of amides is 1. The number of piperidine rings is 1. The van der Waals surface area contributed by atoms with Gasteiger partial charge in [-0.2, -0.15) is 4.31 Å². The van der Waals surface area contributed by atoms with E-state index < -0.39 is 10.0 Å². The van der Waals surface area contributed by atoms with E-state index in [1.165, 1.54) is 4.31 Å². The van der Waals surface area contributed by atoms with Gasteiger partial charge in [-0.1, -0.05) is 6.92 Å². The van der Waals surface area contributed by atoms with Crippen LogP contribution in [0.4, 0.5) is 0 Å². The maximum absolute atomic E-state index is 13.0. The normalized spacial score (nSPS) is 16.6. The molecule has 6 nitrogen and oxygen atoms in total. The van der Waals surface area contributed by atoms with Crippen molar-refractivity contribution in [2.24, 2.45) is 5.92 Å². The van der Waals surface area contributed by atoms with Gasteiger partial charge in [-0.3, -0.25) is 4.79 Å². The van der Waals surface area contributed by atoms with Crippen LogP contribution in [0.25, 0.3) is 0 Å². The van der Waals surface area contributed by atoms with Gasteiger partial charge in [0.1, 0.15) is 5.75 Å². The molecule has 2 rings (SSSR count). The number of ether oxygens (including phenoxy) is 1. The molecule has 1 fully saturated rings. The van der Waals surface area contributed by atoms with Crippen LogP contribution in [0.15, 0.2) is 17.0 Å². The van der Waals surface area contributed by atoms with Crippen molar-refractivity contribution in [2.75, 3.05) is 26.7 Å². The number of nitrogens with zero attached hydrogens (tertiary/aromatic N) is 1. The second-order valence-electron chi connectivity index (χ2n) is 6.56. The van der Waals surface area contributed by atoms with Crippen LogP contribution in [0, 0.1) is 19.8 Å². The number of nitrogens with one attached hydrogen (secondary N) is 1. The number of hydrogen-bond donors (Lipinski definition) is 1. The zero-order valence-corrected chi connectivity index (χ0v) is 16.3. The van der Waals surface area contributed by atoms with E-state index in [-0.39, 0.29) is 11.8 Å². The first-order valence-electron chi connectivity index (χ1n) is 8.74. The molecule has 1 aliphatic rings. The number of aryl methyl sites for hydroxylation is 2. The molecule has 7 heteroatoms. The van der Waals surface area contributed by atoms with Gasteiger partial charge in [0.25, 0.3) is 0 Å². The molecule has 1 N–H and O–H groups in total. The topological polar surface area (TPSA) is 75.7 Å². The lowest BCUT2D eigenvalue weighted by atomic mass is 9.97. The van der Waals surface area contributed by atoms with E-state index in [0.717, 1.165) is 12.0 Å². The summed E-state index contributed by atoms with van der Waals surface area (Å²) in [5.74, 6) is 0.620. The van der Waals surface area contributed by atoms with E-state index in [1.807, 2.05) is 13.8 Å². The predicted molar refractivity (Wildman–Crippen MR) is 97.3 cm³/mol.